The van der Waals surface area contributed by atoms with E-state index in [1.165, 1.54) is 0 Å². The average Bonchev–Trinajstić information content (AvgIpc) is 3.03. The number of nitriles is 1. The molecule has 0 saturated heterocycles. The number of benzene rings is 2. The van der Waals surface area contributed by atoms with Gasteiger partial charge in [0, 0.05) is 24.0 Å². The molecular weight excluding hydrogens is 286 g/mol. The molecule has 0 amide bonds. The van der Waals surface area contributed by atoms with E-state index >= 15 is 0 Å². The first-order valence-electron chi connectivity index (χ1n) is 7.32. The summed E-state index contributed by atoms with van der Waals surface area (Å²) in [6, 6.07) is 18.8. The highest BCUT2D eigenvalue weighted by atomic mass is 16.1. The number of Topliss-reactive ketones (excluding diaryl/α,β-unsaturated/α-hetero) is 1. The number of carbonyl (C=O) groups excluding carboxylic acids is 1. The molecule has 0 atom stereocenters. The van der Waals surface area contributed by atoms with Crippen molar-refractivity contribution in [1.29, 1.82) is 5.26 Å². The maximum atomic E-state index is 12.3. The van der Waals surface area contributed by atoms with Crippen molar-refractivity contribution in [3.8, 4) is 6.07 Å². The summed E-state index contributed by atoms with van der Waals surface area (Å²) in [5.74, 6) is 0.0761. The van der Waals surface area contributed by atoms with Gasteiger partial charge in [-0.25, -0.2) is 4.98 Å². The number of carbonyl (C=O) groups is 1. The molecule has 0 fully saturated rings. The molecule has 4 heteroatoms. The zero-order valence-electron chi connectivity index (χ0n) is 12.5. The summed E-state index contributed by atoms with van der Waals surface area (Å²) >= 11 is 0. The molecule has 0 unspecified atom stereocenters. The summed E-state index contributed by atoms with van der Waals surface area (Å²) in [4.78, 5) is 16.5. The predicted octanol–water partition coefficient (Wildman–Crippen LogP) is 3.23. The fourth-order valence-corrected chi connectivity index (χ4v) is 2.41. The first kappa shape index (κ1) is 14.7. The zero-order chi connectivity index (χ0) is 16.1. The highest BCUT2D eigenvalue weighted by molar-refractivity contribution is 5.97. The van der Waals surface area contributed by atoms with Crippen LogP contribution in [0.25, 0.3) is 0 Å². The number of ketones is 1. The molecule has 0 saturated carbocycles. The molecule has 0 radical (unpaired) electrons. The SMILES string of the molecule is N#Cc1ccc(Cn2cncc2CC(=O)c2ccccc2)cc1. The molecule has 0 aliphatic heterocycles. The summed E-state index contributed by atoms with van der Waals surface area (Å²) in [6.07, 6.45) is 3.77. The quantitative estimate of drug-likeness (QED) is 0.680. The van der Waals surface area contributed by atoms with Crippen LogP contribution in [0.2, 0.25) is 0 Å². The molecule has 0 aliphatic rings. The molecule has 0 spiro atoms. The van der Waals surface area contributed by atoms with Crippen LogP contribution < -0.4 is 0 Å². The van der Waals surface area contributed by atoms with Gasteiger partial charge in [-0.3, -0.25) is 4.79 Å². The minimum atomic E-state index is 0.0761. The van der Waals surface area contributed by atoms with Crippen molar-refractivity contribution in [1.82, 2.24) is 9.55 Å². The van der Waals surface area contributed by atoms with Crippen molar-refractivity contribution >= 4 is 5.78 Å². The molecule has 1 aromatic heterocycles. The third-order valence-electron chi connectivity index (χ3n) is 3.67. The summed E-state index contributed by atoms with van der Waals surface area (Å²) in [5.41, 5.74) is 3.29. The Bertz CT molecular complexity index is 842. The van der Waals surface area contributed by atoms with Crippen LogP contribution in [0, 0.1) is 11.3 Å². The van der Waals surface area contributed by atoms with Crippen LogP contribution in [-0.2, 0) is 13.0 Å². The second-order valence-corrected chi connectivity index (χ2v) is 5.29. The highest BCUT2D eigenvalue weighted by Gasteiger charge is 2.10. The van der Waals surface area contributed by atoms with E-state index in [1.807, 2.05) is 47.0 Å². The molecule has 0 aliphatic carbocycles. The van der Waals surface area contributed by atoms with Gasteiger partial charge in [0.15, 0.2) is 5.78 Å². The van der Waals surface area contributed by atoms with E-state index < -0.39 is 0 Å². The van der Waals surface area contributed by atoms with Crippen molar-refractivity contribution in [2.45, 2.75) is 13.0 Å². The molecule has 23 heavy (non-hydrogen) atoms. The van der Waals surface area contributed by atoms with Gasteiger partial charge in [-0.05, 0) is 17.7 Å². The summed E-state index contributed by atoms with van der Waals surface area (Å²) in [6.45, 7) is 0.628. The Morgan fingerprint density at radius 2 is 1.83 bits per heavy atom. The van der Waals surface area contributed by atoms with Gasteiger partial charge in [0.2, 0.25) is 0 Å². The monoisotopic (exact) mass is 301 g/mol. The fourth-order valence-electron chi connectivity index (χ4n) is 2.41. The van der Waals surface area contributed by atoms with Gasteiger partial charge in [-0.15, -0.1) is 0 Å². The van der Waals surface area contributed by atoms with E-state index in [0.717, 1.165) is 11.3 Å². The normalized spacial score (nSPS) is 10.2. The summed E-state index contributed by atoms with van der Waals surface area (Å²) < 4.78 is 1.96. The summed E-state index contributed by atoms with van der Waals surface area (Å²) in [7, 11) is 0. The van der Waals surface area contributed by atoms with E-state index in [1.54, 1.807) is 24.7 Å². The minimum Gasteiger partial charge on any atom is -0.330 e. The van der Waals surface area contributed by atoms with Crippen LogP contribution in [0.1, 0.15) is 27.2 Å². The first-order valence-corrected chi connectivity index (χ1v) is 7.32. The lowest BCUT2D eigenvalue weighted by atomic mass is 10.1. The predicted molar refractivity (Wildman–Crippen MR) is 87.0 cm³/mol. The number of hydrogen-bond acceptors (Lipinski definition) is 3. The van der Waals surface area contributed by atoms with Crippen LogP contribution in [0.5, 0.6) is 0 Å². The lowest BCUT2D eigenvalue weighted by molar-refractivity contribution is 0.0991. The molecular formula is C19H15N3O. The number of aromatic nitrogens is 2. The van der Waals surface area contributed by atoms with Gasteiger partial charge in [-0.2, -0.15) is 5.26 Å². The number of imidazole rings is 1. The molecule has 2 aromatic carbocycles. The van der Waals surface area contributed by atoms with Crippen LogP contribution in [0.4, 0.5) is 0 Å². The lowest BCUT2D eigenvalue weighted by Gasteiger charge is -2.08. The number of hydrogen-bond donors (Lipinski definition) is 0. The molecule has 112 valence electrons. The van der Waals surface area contributed by atoms with Gasteiger partial charge in [0.1, 0.15) is 0 Å². The third kappa shape index (κ3) is 3.53. The maximum Gasteiger partial charge on any atom is 0.168 e. The molecule has 1 heterocycles. The number of rotatable bonds is 5. The van der Waals surface area contributed by atoms with Gasteiger partial charge in [0.25, 0.3) is 0 Å². The van der Waals surface area contributed by atoms with E-state index in [-0.39, 0.29) is 5.78 Å². The molecule has 3 aromatic rings. The molecule has 0 bridgehead atoms. The van der Waals surface area contributed by atoms with Crippen molar-refractivity contribution < 1.29 is 4.79 Å². The Labute approximate surface area is 134 Å². The minimum absolute atomic E-state index is 0.0761. The Morgan fingerprint density at radius 3 is 2.52 bits per heavy atom. The highest BCUT2D eigenvalue weighted by Crippen LogP contribution is 2.11. The average molecular weight is 301 g/mol. The van der Waals surface area contributed by atoms with Crippen molar-refractivity contribution in [3.05, 3.63) is 89.5 Å². The smallest absolute Gasteiger partial charge is 0.168 e. The van der Waals surface area contributed by atoms with Gasteiger partial charge in [0.05, 0.1) is 24.4 Å². The Balaban J connectivity index is 1.74. The van der Waals surface area contributed by atoms with Crippen LogP contribution in [0.15, 0.2) is 67.1 Å². The topological polar surface area (TPSA) is 58.7 Å². The standard InChI is InChI=1S/C19H15N3O/c20-11-15-6-8-16(9-7-15)13-22-14-21-12-18(22)10-19(23)17-4-2-1-3-5-17/h1-9,12,14H,10,13H2. The molecule has 0 N–H and O–H groups in total. The number of nitrogens with zero attached hydrogens (tertiary/aromatic N) is 3. The van der Waals surface area contributed by atoms with Crippen molar-refractivity contribution in [2.75, 3.05) is 0 Å². The maximum absolute atomic E-state index is 12.3. The van der Waals surface area contributed by atoms with Crippen LogP contribution in [-0.4, -0.2) is 15.3 Å². The Morgan fingerprint density at radius 1 is 1.09 bits per heavy atom. The van der Waals surface area contributed by atoms with Gasteiger partial charge in [-0.1, -0.05) is 42.5 Å². The molecule has 3 rings (SSSR count). The Kier molecular flexibility index (Phi) is 4.30. The zero-order valence-corrected chi connectivity index (χ0v) is 12.5. The Hall–Kier alpha value is -3.19. The van der Waals surface area contributed by atoms with Crippen molar-refractivity contribution in [3.63, 3.8) is 0 Å². The lowest BCUT2D eigenvalue weighted by Crippen LogP contribution is -2.09. The van der Waals surface area contributed by atoms with E-state index in [2.05, 4.69) is 11.1 Å². The summed E-state index contributed by atoms with van der Waals surface area (Å²) in [5, 5.41) is 8.83. The molecule has 4 nitrogen and oxygen atoms in total. The van der Waals surface area contributed by atoms with Gasteiger partial charge < -0.3 is 4.57 Å². The fraction of sp³-hybridized carbons (Fsp3) is 0.105. The van der Waals surface area contributed by atoms with Gasteiger partial charge >= 0.3 is 0 Å². The van der Waals surface area contributed by atoms with Crippen LogP contribution >= 0.6 is 0 Å². The van der Waals surface area contributed by atoms with E-state index in [4.69, 9.17) is 5.26 Å². The van der Waals surface area contributed by atoms with E-state index in [9.17, 15) is 4.79 Å². The van der Waals surface area contributed by atoms with E-state index in [0.29, 0.717) is 24.1 Å². The van der Waals surface area contributed by atoms with Crippen LogP contribution in [0.3, 0.4) is 0 Å². The van der Waals surface area contributed by atoms with Crippen molar-refractivity contribution in [2.24, 2.45) is 0 Å². The largest absolute Gasteiger partial charge is 0.330 e. The second kappa shape index (κ2) is 6.71. The first-order chi connectivity index (χ1) is 11.3. The third-order valence-corrected chi connectivity index (χ3v) is 3.67. The second-order valence-electron chi connectivity index (χ2n) is 5.29.